The predicted octanol–water partition coefficient (Wildman–Crippen LogP) is 1.42. The Morgan fingerprint density at radius 2 is 2.10 bits per heavy atom. The van der Waals surface area contributed by atoms with Crippen molar-refractivity contribution in [2.24, 2.45) is 0 Å². The van der Waals surface area contributed by atoms with E-state index < -0.39 is 16.0 Å². The van der Waals surface area contributed by atoms with Gasteiger partial charge in [-0.1, -0.05) is 19.1 Å². The van der Waals surface area contributed by atoms with E-state index in [1.165, 1.54) is 19.4 Å². The summed E-state index contributed by atoms with van der Waals surface area (Å²) in [4.78, 5) is 15.5. The first-order valence-electron chi connectivity index (χ1n) is 6.40. The van der Waals surface area contributed by atoms with E-state index in [2.05, 4.69) is 9.72 Å². The molecule has 7 heteroatoms. The third-order valence-corrected chi connectivity index (χ3v) is 5.12. The lowest BCUT2D eigenvalue weighted by Crippen LogP contribution is -2.36. The van der Waals surface area contributed by atoms with E-state index in [0.717, 1.165) is 9.69 Å². The number of hydrogen-bond donors (Lipinski definition) is 0. The number of fused-ring (bicyclic) bond motifs is 1. The van der Waals surface area contributed by atoms with E-state index in [-0.39, 0.29) is 18.0 Å². The first kappa shape index (κ1) is 15.4. The molecule has 0 amide bonds. The molecule has 6 nitrogen and oxygen atoms in total. The van der Waals surface area contributed by atoms with Gasteiger partial charge in [0.25, 0.3) is 0 Å². The van der Waals surface area contributed by atoms with Gasteiger partial charge in [0.1, 0.15) is 6.54 Å². The third-order valence-electron chi connectivity index (χ3n) is 3.14. The minimum Gasteiger partial charge on any atom is -0.468 e. The second kappa shape index (κ2) is 6.19. The number of sulfonamides is 1. The molecule has 112 valence electrons. The van der Waals surface area contributed by atoms with Crippen LogP contribution in [0.1, 0.15) is 6.92 Å². The number of esters is 1. The number of likely N-dealkylation sites (N-methyl/N-ethyl adjacent to an activating group) is 1. The smallest absolute Gasteiger partial charge is 0.321 e. The maximum absolute atomic E-state index is 12.7. The van der Waals surface area contributed by atoms with Gasteiger partial charge in [0.05, 0.1) is 12.0 Å². The molecule has 21 heavy (non-hydrogen) atoms. The van der Waals surface area contributed by atoms with Crippen molar-refractivity contribution in [3.05, 3.63) is 36.7 Å². The highest BCUT2D eigenvalue weighted by Crippen LogP contribution is 2.24. The van der Waals surface area contributed by atoms with E-state index >= 15 is 0 Å². The average molecular weight is 308 g/mol. The fourth-order valence-electron chi connectivity index (χ4n) is 2.03. The van der Waals surface area contributed by atoms with Gasteiger partial charge >= 0.3 is 5.97 Å². The highest BCUT2D eigenvalue weighted by molar-refractivity contribution is 7.89. The maximum Gasteiger partial charge on any atom is 0.321 e. The topological polar surface area (TPSA) is 76.6 Å². The predicted molar refractivity (Wildman–Crippen MR) is 78.2 cm³/mol. The number of nitrogens with zero attached hydrogens (tertiary/aromatic N) is 2. The zero-order valence-electron chi connectivity index (χ0n) is 11.8. The Hall–Kier alpha value is -1.99. The van der Waals surface area contributed by atoms with Crippen molar-refractivity contribution in [3.63, 3.8) is 0 Å². The van der Waals surface area contributed by atoms with E-state index in [1.807, 2.05) is 0 Å². The van der Waals surface area contributed by atoms with E-state index in [0.29, 0.717) is 5.39 Å². The molecule has 0 N–H and O–H groups in total. The van der Waals surface area contributed by atoms with Crippen LogP contribution >= 0.6 is 0 Å². The largest absolute Gasteiger partial charge is 0.468 e. The Labute approximate surface area is 123 Å². The van der Waals surface area contributed by atoms with Crippen LogP contribution in [0.3, 0.4) is 0 Å². The Balaban J connectivity index is 2.52. The standard InChI is InChI=1S/C14H16N2O4S/c1-3-16(10-14(17)20-2)21(18,19)13-6-4-5-11-9-15-8-7-12(11)13/h4-9H,3,10H2,1-2H3. The van der Waals surface area contributed by atoms with E-state index in [9.17, 15) is 13.2 Å². The van der Waals surface area contributed by atoms with Gasteiger partial charge in [-0.05, 0) is 12.1 Å². The van der Waals surface area contributed by atoms with Crippen molar-refractivity contribution < 1.29 is 17.9 Å². The molecule has 1 aromatic carbocycles. The van der Waals surface area contributed by atoms with Crippen molar-refractivity contribution in [1.29, 1.82) is 0 Å². The summed E-state index contributed by atoms with van der Waals surface area (Å²) in [7, 11) is -2.55. The molecule has 0 saturated carbocycles. The monoisotopic (exact) mass is 308 g/mol. The minimum absolute atomic E-state index is 0.160. The summed E-state index contributed by atoms with van der Waals surface area (Å²) in [5.41, 5.74) is 0. The number of pyridine rings is 1. The summed E-state index contributed by atoms with van der Waals surface area (Å²) in [5, 5.41) is 1.31. The number of benzene rings is 1. The van der Waals surface area contributed by atoms with Gasteiger partial charge in [-0.3, -0.25) is 9.78 Å². The number of aromatic nitrogens is 1. The summed E-state index contributed by atoms with van der Waals surface area (Å²) in [6.45, 7) is 1.54. The lowest BCUT2D eigenvalue weighted by Gasteiger charge is -2.20. The Morgan fingerprint density at radius 3 is 2.76 bits per heavy atom. The van der Waals surface area contributed by atoms with Gasteiger partial charge in [0.15, 0.2) is 0 Å². The number of hydrogen-bond acceptors (Lipinski definition) is 5. The molecule has 2 rings (SSSR count). The number of carbonyl (C=O) groups excluding carboxylic acids is 1. The van der Waals surface area contributed by atoms with Crippen molar-refractivity contribution in [3.8, 4) is 0 Å². The molecular formula is C14H16N2O4S. The first-order chi connectivity index (χ1) is 10.0. The molecular weight excluding hydrogens is 292 g/mol. The highest BCUT2D eigenvalue weighted by Gasteiger charge is 2.27. The van der Waals surface area contributed by atoms with Gasteiger partial charge < -0.3 is 4.74 Å². The maximum atomic E-state index is 12.7. The first-order valence-corrected chi connectivity index (χ1v) is 7.84. The van der Waals surface area contributed by atoms with Crippen LogP contribution in [0, 0.1) is 0 Å². The molecule has 0 aliphatic carbocycles. The Morgan fingerprint density at radius 1 is 1.33 bits per heavy atom. The Kier molecular flexibility index (Phi) is 4.54. The number of methoxy groups -OCH3 is 1. The quantitative estimate of drug-likeness (QED) is 0.781. The summed E-state index contributed by atoms with van der Waals surface area (Å²) in [5.74, 6) is -0.595. The van der Waals surface area contributed by atoms with Gasteiger partial charge in [0.2, 0.25) is 10.0 Å². The molecule has 0 bridgehead atoms. The lowest BCUT2D eigenvalue weighted by molar-refractivity contribution is -0.140. The molecule has 0 spiro atoms. The highest BCUT2D eigenvalue weighted by atomic mass is 32.2. The zero-order chi connectivity index (χ0) is 15.5. The number of rotatable bonds is 5. The molecule has 0 aliphatic rings. The Bertz CT molecular complexity index is 753. The second-order valence-electron chi connectivity index (χ2n) is 4.36. The van der Waals surface area contributed by atoms with Gasteiger partial charge in [-0.15, -0.1) is 0 Å². The van der Waals surface area contributed by atoms with Crippen LogP contribution in [0.4, 0.5) is 0 Å². The van der Waals surface area contributed by atoms with Crippen LogP contribution in [0.2, 0.25) is 0 Å². The number of ether oxygens (including phenoxy) is 1. The summed E-state index contributed by atoms with van der Waals surface area (Å²) >= 11 is 0. The molecule has 0 fully saturated rings. The third kappa shape index (κ3) is 3.03. The van der Waals surface area contributed by atoms with Gasteiger partial charge in [-0.2, -0.15) is 4.31 Å². The normalized spacial score (nSPS) is 11.8. The zero-order valence-corrected chi connectivity index (χ0v) is 12.6. The molecule has 0 atom stereocenters. The molecule has 0 saturated heterocycles. The van der Waals surface area contributed by atoms with Crippen LogP contribution in [0.25, 0.3) is 10.8 Å². The summed E-state index contributed by atoms with van der Waals surface area (Å²) in [6, 6.07) is 6.62. The van der Waals surface area contributed by atoms with Gasteiger partial charge in [-0.25, -0.2) is 8.42 Å². The van der Waals surface area contributed by atoms with Crippen LogP contribution in [0.15, 0.2) is 41.6 Å². The van der Waals surface area contributed by atoms with E-state index in [4.69, 9.17) is 0 Å². The SMILES string of the molecule is CCN(CC(=O)OC)S(=O)(=O)c1cccc2cnccc12. The van der Waals surface area contributed by atoms with Gasteiger partial charge in [0, 0.05) is 29.7 Å². The fraction of sp³-hybridized carbons (Fsp3) is 0.286. The summed E-state index contributed by atoms with van der Waals surface area (Å²) in [6.07, 6.45) is 3.14. The average Bonchev–Trinajstić information content (AvgIpc) is 2.51. The van der Waals surface area contributed by atoms with Crippen LogP contribution in [0.5, 0.6) is 0 Å². The molecule has 0 aliphatic heterocycles. The molecule has 1 aromatic heterocycles. The molecule has 2 aromatic rings. The van der Waals surface area contributed by atoms with Crippen molar-refractivity contribution >= 4 is 26.8 Å². The van der Waals surface area contributed by atoms with E-state index in [1.54, 1.807) is 31.3 Å². The fourth-order valence-corrected chi connectivity index (χ4v) is 3.64. The number of carbonyl (C=O) groups is 1. The lowest BCUT2D eigenvalue weighted by atomic mass is 10.2. The van der Waals surface area contributed by atoms with Crippen LogP contribution in [-0.4, -0.2) is 43.9 Å². The molecule has 0 radical (unpaired) electrons. The summed E-state index contributed by atoms with van der Waals surface area (Å²) < 4.78 is 31.1. The van der Waals surface area contributed by atoms with Crippen LogP contribution in [-0.2, 0) is 19.6 Å². The molecule has 0 unspecified atom stereocenters. The van der Waals surface area contributed by atoms with Crippen molar-refractivity contribution in [2.45, 2.75) is 11.8 Å². The minimum atomic E-state index is -3.78. The van der Waals surface area contributed by atoms with Crippen molar-refractivity contribution in [2.75, 3.05) is 20.2 Å². The van der Waals surface area contributed by atoms with Crippen LogP contribution < -0.4 is 0 Å². The van der Waals surface area contributed by atoms with Crippen molar-refractivity contribution in [1.82, 2.24) is 9.29 Å². The second-order valence-corrected chi connectivity index (χ2v) is 6.27. The molecule has 1 heterocycles.